The molecule has 4 aromatic rings. The molecule has 0 N–H and O–H groups in total. The van der Waals surface area contributed by atoms with Crippen molar-refractivity contribution in [3.05, 3.63) is 97.0 Å². The number of nitrogens with zero attached hydrogens (tertiary/aromatic N) is 2. The second-order valence-electron chi connectivity index (χ2n) is 5.46. The van der Waals surface area contributed by atoms with E-state index in [1.807, 2.05) is 12.1 Å². The lowest BCUT2D eigenvalue weighted by molar-refractivity contribution is -0.510. The summed E-state index contributed by atoms with van der Waals surface area (Å²) in [7, 11) is 0. The number of aromatic nitrogens is 2. The van der Waals surface area contributed by atoms with Gasteiger partial charge in [-0.3, -0.25) is 0 Å². The van der Waals surface area contributed by atoms with Gasteiger partial charge in [0.15, 0.2) is 0 Å². The molecule has 0 aliphatic rings. The normalized spacial score (nSPS) is 10.4. The van der Waals surface area contributed by atoms with Crippen molar-refractivity contribution >= 4 is 5.65 Å². The van der Waals surface area contributed by atoms with Crippen LogP contribution in [0.1, 0.15) is 5.56 Å². The number of hydrogen-bond acceptors (Lipinski definition) is 0. The van der Waals surface area contributed by atoms with Gasteiger partial charge in [0.25, 0.3) is 5.65 Å². The number of pyridine rings is 1. The van der Waals surface area contributed by atoms with Crippen molar-refractivity contribution < 1.29 is 21.4 Å². The minimum Gasteiger partial charge on any atom is -1.00 e. The van der Waals surface area contributed by atoms with Gasteiger partial charge < -0.3 is 17.0 Å². The second kappa shape index (κ2) is 6.80. The highest BCUT2D eigenvalue weighted by atomic mass is 79.9. The summed E-state index contributed by atoms with van der Waals surface area (Å²) in [6.07, 6.45) is 6.29. The molecule has 0 atom stereocenters. The van der Waals surface area contributed by atoms with Gasteiger partial charge in [-0.2, -0.15) is 0 Å². The number of hydrogen-bond donors (Lipinski definition) is 0. The number of fused-ring (bicyclic) bond motifs is 1. The molecule has 0 bridgehead atoms. The zero-order chi connectivity index (χ0) is 14.8. The van der Waals surface area contributed by atoms with E-state index in [0.29, 0.717) is 0 Å². The highest BCUT2D eigenvalue weighted by molar-refractivity contribution is 5.63. The SMILES string of the molecule is [Br-].c1ccc(-c2ccc(Cn3cc[n+]4ccccc34)cc2)cc1. The Labute approximate surface area is 146 Å². The van der Waals surface area contributed by atoms with E-state index in [9.17, 15) is 0 Å². The van der Waals surface area contributed by atoms with E-state index in [2.05, 4.69) is 88.2 Å². The molecule has 0 unspecified atom stereocenters. The number of imidazole rings is 1. The molecular formula is C20H17BrN2. The van der Waals surface area contributed by atoms with Gasteiger partial charge in [-0.05, 0) is 22.8 Å². The molecule has 4 rings (SSSR count). The molecule has 0 spiro atoms. The summed E-state index contributed by atoms with van der Waals surface area (Å²) in [6, 6.07) is 25.6. The van der Waals surface area contributed by atoms with Crippen molar-refractivity contribution in [3.8, 4) is 11.1 Å². The third-order valence-electron chi connectivity index (χ3n) is 3.98. The van der Waals surface area contributed by atoms with Crippen molar-refractivity contribution in [2.45, 2.75) is 6.54 Å². The molecule has 0 saturated heterocycles. The molecule has 0 aliphatic carbocycles. The van der Waals surface area contributed by atoms with Gasteiger partial charge in [0.05, 0.1) is 6.20 Å². The van der Waals surface area contributed by atoms with E-state index in [0.717, 1.165) is 6.54 Å². The van der Waals surface area contributed by atoms with Gasteiger partial charge in [0, 0.05) is 6.07 Å². The third-order valence-corrected chi connectivity index (χ3v) is 3.98. The second-order valence-corrected chi connectivity index (χ2v) is 5.46. The fraction of sp³-hybridized carbons (Fsp3) is 0.0500. The summed E-state index contributed by atoms with van der Waals surface area (Å²) in [5, 5.41) is 0. The van der Waals surface area contributed by atoms with Crippen LogP contribution in [-0.4, -0.2) is 4.57 Å². The first-order chi connectivity index (χ1) is 10.9. The standard InChI is InChI=1S/C20H17N2.BrH/c1-2-6-18(7-3-1)19-11-9-17(10-12-19)16-22-15-14-21-13-5-4-8-20(21)22;/h1-15H,16H2;1H/q+1;/p-1. The maximum absolute atomic E-state index is 2.26. The van der Waals surface area contributed by atoms with Crippen LogP contribution >= 0.6 is 0 Å². The molecule has 114 valence electrons. The van der Waals surface area contributed by atoms with E-state index in [1.165, 1.54) is 22.3 Å². The minimum absolute atomic E-state index is 0. The average molecular weight is 365 g/mol. The molecule has 0 radical (unpaired) electrons. The molecule has 2 heterocycles. The van der Waals surface area contributed by atoms with Crippen LogP contribution in [0.2, 0.25) is 0 Å². The predicted octanol–water partition coefficient (Wildman–Crippen LogP) is 0.946. The zero-order valence-corrected chi connectivity index (χ0v) is 14.2. The quantitative estimate of drug-likeness (QED) is 0.478. The Balaban J connectivity index is 0.00000156. The molecule has 0 saturated carbocycles. The van der Waals surface area contributed by atoms with Crippen LogP contribution in [0, 0.1) is 0 Å². The molecule has 0 amide bonds. The number of benzene rings is 2. The molecule has 2 aromatic heterocycles. The van der Waals surface area contributed by atoms with Crippen LogP contribution in [-0.2, 0) is 6.54 Å². The Hall–Kier alpha value is -2.39. The van der Waals surface area contributed by atoms with E-state index in [4.69, 9.17) is 0 Å². The monoisotopic (exact) mass is 364 g/mol. The fourth-order valence-corrected chi connectivity index (χ4v) is 2.81. The fourth-order valence-electron chi connectivity index (χ4n) is 2.81. The van der Waals surface area contributed by atoms with Crippen molar-refractivity contribution in [1.29, 1.82) is 0 Å². The van der Waals surface area contributed by atoms with Crippen molar-refractivity contribution in [1.82, 2.24) is 4.57 Å². The highest BCUT2D eigenvalue weighted by Gasteiger charge is 2.08. The van der Waals surface area contributed by atoms with Gasteiger partial charge >= 0.3 is 0 Å². The number of rotatable bonds is 3. The lowest BCUT2D eigenvalue weighted by atomic mass is 10.0. The molecular weight excluding hydrogens is 348 g/mol. The molecule has 0 fully saturated rings. The summed E-state index contributed by atoms with van der Waals surface area (Å²) < 4.78 is 4.40. The number of halogens is 1. The molecule has 2 aromatic carbocycles. The Morgan fingerprint density at radius 2 is 1.39 bits per heavy atom. The summed E-state index contributed by atoms with van der Waals surface area (Å²) in [5.41, 5.74) is 5.03. The lowest BCUT2D eigenvalue weighted by Gasteiger charge is -2.03. The van der Waals surface area contributed by atoms with Crippen LogP contribution in [0.25, 0.3) is 16.8 Å². The maximum atomic E-state index is 2.26. The van der Waals surface area contributed by atoms with Crippen LogP contribution in [0.3, 0.4) is 0 Å². The lowest BCUT2D eigenvalue weighted by Crippen LogP contribution is -3.00. The van der Waals surface area contributed by atoms with Gasteiger partial charge in [-0.1, -0.05) is 60.7 Å². The summed E-state index contributed by atoms with van der Waals surface area (Å²) in [6.45, 7) is 0.885. The first kappa shape index (κ1) is 15.5. The van der Waals surface area contributed by atoms with Gasteiger partial charge in [-0.25, -0.2) is 8.97 Å². The maximum Gasteiger partial charge on any atom is 0.286 e. The van der Waals surface area contributed by atoms with Crippen molar-refractivity contribution in [3.63, 3.8) is 0 Å². The van der Waals surface area contributed by atoms with Crippen LogP contribution in [0.4, 0.5) is 0 Å². The summed E-state index contributed by atoms with van der Waals surface area (Å²) >= 11 is 0. The molecule has 3 heteroatoms. The summed E-state index contributed by atoms with van der Waals surface area (Å²) in [5.74, 6) is 0. The summed E-state index contributed by atoms with van der Waals surface area (Å²) in [4.78, 5) is 0. The smallest absolute Gasteiger partial charge is 0.286 e. The largest absolute Gasteiger partial charge is 1.00 e. The van der Waals surface area contributed by atoms with Crippen LogP contribution in [0.5, 0.6) is 0 Å². The minimum atomic E-state index is 0. The predicted molar refractivity (Wildman–Crippen MR) is 88.6 cm³/mol. The highest BCUT2D eigenvalue weighted by Crippen LogP contribution is 2.19. The topological polar surface area (TPSA) is 9.03 Å². The van der Waals surface area contributed by atoms with Crippen molar-refractivity contribution in [2.75, 3.05) is 0 Å². The zero-order valence-electron chi connectivity index (χ0n) is 12.6. The average Bonchev–Trinajstić information content (AvgIpc) is 3.00. The Morgan fingerprint density at radius 3 is 2.17 bits per heavy atom. The molecule has 23 heavy (non-hydrogen) atoms. The first-order valence-electron chi connectivity index (χ1n) is 7.50. The Kier molecular flexibility index (Phi) is 4.58. The van der Waals surface area contributed by atoms with Gasteiger partial charge in [0.2, 0.25) is 0 Å². The Morgan fingerprint density at radius 1 is 0.696 bits per heavy atom. The van der Waals surface area contributed by atoms with Crippen molar-refractivity contribution in [2.24, 2.45) is 0 Å². The molecule has 2 nitrogen and oxygen atoms in total. The van der Waals surface area contributed by atoms with Crippen LogP contribution < -0.4 is 21.4 Å². The van der Waals surface area contributed by atoms with E-state index in [-0.39, 0.29) is 17.0 Å². The van der Waals surface area contributed by atoms with Gasteiger partial charge in [-0.15, -0.1) is 0 Å². The van der Waals surface area contributed by atoms with E-state index >= 15 is 0 Å². The third kappa shape index (κ3) is 3.20. The van der Waals surface area contributed by atoms with E-state index < -0.39 is 0 Å². The van der Waals surface area contributed by atoms with E-state index in [1.54, 1.807) is 0 Å². The first-order valence-corrected chi connectivity index (χ1v) is 7.50. The Bertz CT molecular complexity index is 896. The van der Waals surface area contributed by atoms with Gasteiger partial charge in [0.1, 0.15) is 18.9 Å². The molecule has 0 aliphatic heterocycles. The van der Waals surface area contributed by atoms with Crippen LogP contribution in [0.15, 0.2) is 91.4 Å².